The lowest BCUT2D eigenvalue weighted by atomic mass is 10.6. The highest BCUT2D eigenvalue weighted by Crippen LogP contribution is 2.06. The highest BCUT2D eigenvalue weighted by molar-refractivity contribution is 4.65. The smallest absolute Gasteiger partial charge is 0.210 e. The van der Waals surface area contributed by atoms with Crippen LogP contribution in [0.1, 0.15) is 6.92 Å². The molecule has 0 aromatic rings. The fourth-order valence-corrected chi connectivity index (χ4v) is 0.0805. The largest absolute Gasteiger partial charge is 0.288 e. The van der Waals surface area contributed by atoms with Crippen molar-refractivity contribution in [1.82, 2.24) is 5.48 Å². The summed E-state index contributed by atoms with van der Waals surface area (Å²) >= 11 is 0. The number of rotatable bonds is 0. The Morgan fingerprint density at radius 2 is 2.20 bits per heavy atom. The Labute approximate surface area is 30.1 Å². The van der Waals surface area contributed by atoms with Crippen LogP contribution in [0.2, 0.25) is 0 Å². The van der Waals surface area contributed by atoms with Gasteiger partial charge in [-0.15, -0.1) is 0 Å². The van der Waals surface area contributed by atoms with Crippen LogP contribution in [-0.2, 0) is 4.84 Å². The second kappa shape index (κ2) is 0.518. The zero-order valence-corrected chi connectivity index (χ0v) is 2.99. The molecule has 5 heavy (non-hydrogen) atoms. The van der Waals surface area contributed by atoms with E-state index in [-0.39, 0.29) is 0 Å². The molecule has 1 heterocycles. The van der Waals surface area contributed by atoms with E-state index in [0.29, 0.717) is 0 Å². The topological polar surface area (TPSA) is 60.5 Å². The van der Waals surface area contributed by atoms with Crippen LogP contribution >= 0.6 is 0 Å². The summed E-state index contributed by atoms with van der Waals surface area (Å²) in [4.78, 5) is 4.42. The predicted molar refractivity (Wildman–Crippen MR) is 16.8 cm³/mol. The Balaban J connectivity index is 2.38. The van der Waals surface area contributed by atoms with Gasteiger partial charge >= 0.3 is 0 Å². The second-order valence-corrected chi connectivity index (χ2v) is 1.31. The van der Waals surface area contributed by atoms with Crippen molar-refractivity contribution < 1.29 is 4.84 Å². The van der Waals surface area contributed by atoms with Crippen molar-refractivity contribution in [3.63, 3.8) is 0 Å². The van der Waals surface area contributed by atoms with E-state index in [4.69, 9.17) is 5.73 Å². The van der Waals surface area contributed by atoms with Crippen LogP contribution in [0.5, 0.6) is 0 Å². The highest BCUT2D eigenvalue weighted by atomic mass is 16.8. The summed E-state index contributed by atoms with van der Waals surface area (Å²) < 4.78 is 0. The molecule has 3 N–H and O–H groups in total. The van der Waals surface area contributed by atoms with E-state index in [9.17, 15) is 0 Å². The van der Waals surface area contributed by atoms with Crippen molar-refractivity contribution in [2.75, 3.05) is 0 Å². The van der Waals surface area contributed by atoms with Gasteiger partial charge in [0.25, 0.3) is 0 Å². The molecular formula is C2H6N2O. The Morgan fingerprint density at radius 3 is 2.20 bits per heavy atom. The summed E-state index contributed by atoms with van der Waals surface area (Å²) in [7, 11) is 0. The lowest BCUT2D eigenvalue weighted by molar-refractivity contribution is 0.313. The molecular weight excluding hydrogens is 68.0 g/mol. The van der Waals surface area contributed by atoms with Gasteiger partial charge in [0.05, 0.1) is 0 Å². The summed E-state index contributed by atoms with van der Waals surface area (Å²) in [6, 6.07) is 0. The first kappa shape index (κ1) is 3.08. The van der Waals surface area contributed by atoms with Crippen molar-refractivity contribution >= 4 is 0 Å². The minimum Gasteiger partial charge on any atom is -0.288 e. The molecule has 1 saturated heterocycles. The first-order valence-corrected chi connectivity index (χ1v) is 1.45. The molecule has 0 amide bonds. The zero-order valence-electron chi connectivity index (χ0n) is 2.99. The summed E-state index contributed by atoms with van der Waals surface area (Å²) in [6.45, 7) is 1.74. The van der Waals surface area contributed by atoms with Crippen molar-refractivity contribution in [2.45, 2.75) is 12.8 Å². The molecule has 0 radical (unpaired) electrons. The predicted octanol–water partition coefficient (Wildman–Crippen LogP) is -0.846. The van der Waals surface area contributed by atoms with Crippen molar-refractivity contribution in [2.24, 2.45) is 5.73 Å². The van der Waals surface area contributed by atoms with Crippen LogP contribution in [0.4, 0.5) is 0 Å². The molecule has 0 spiro atoms. The second-order valence-electron chi connectivity index (χ2n) is 1.31. The molecule has 1 atom stereocenters. The van der Waals surface area contributed by atoms with Gasteiger partial charge in [0.1, 0.15) is 0 Å². The molecule has 0 aliphatic carbocycles. The lowest BCUT2D eigenvalue weighted by Crippen LogP contribution is -2.21. The summed E-state index contributed by atoms with van der Waals surface area (Å²) in [5.74, 6) is -0.500. The van der Waals surface area contributed by atoms with Gasteiger partial charge in [-0.1, -0.05) is 0 Å². The van der Waals surface area contributed by atoms with Gasteiger partial charge < -0.3 is 0 Å². The molecule has 0 saturated carbocycles. The first-order chi connectivity index (χ1) is 2.21. The van der Waals surface area contributed by atoms with E-state index < -0.39 is 5.85 Å². The molecule has 0 aromatic carbocycles. The van der Waals surface area contributed by atoms with Crippen molar-refractivity contribution in [1.29, 1.82) is 0 Å². The average Bonchev–Trinajstić information content (AvgIpc) is 1.76. The lowest BCUT2D eigenvalue weighted by Gasteiger charge is -1.79. The van der Waals surface area contributed by atoms with Crippen LogP contribution in [-0.4, -0.2) is 5.85 Å². The molecule has 1 rings (SSSR count). The number of hydrogen-bond donors (Lipinski definition) is 2. The fourth-order valence-electron chi connectivity index (χ4n) is 0.0805. The Bertz CT molecular complexity index is 45.6. The minimum atomic E-state index is -0.500. The SMILES string of the molecule is CC1(N)NO1. The van der Waals surface area contributed by atoms with Crippen molar-refractivity contribution in [3.8, 4) is 0 Å². The van der Waals surface area contributed by atoms with Crippen molar-refractivity contribution in [3.05, 3.63) is 0 Å². The number of nitrogens with two attached hydrogens (primary N) is 1. The molecule has 1 fully saturated rings. The average molecular weight is 74.1 g/mol. The van der Waals surface area contributed by atoms with Crippen LogP contribution in [0, 0.1) is 0 Å². The summed E-state index contributed by atoms with van der Waals surface area (Å²) in [5, 5.41) is 0. The van der Waals surface area contributed by atoms with E-state index in [1.165, 1.54) is 0 Å². The zero-order chi connectivity index (χ0) is 3.91. The quantitative estimate of drug-likeness (QED) is 0.368. The maximum absolute atomic E-state index is 5.13. The van der Waals surface area contributed by atoms with Gasteiger partial charge in [0.15, 0.2) is 0 Å². The Kier molecular flexibility index (Phi) is 0.320. The summed E-state index contributed by atoms with van der Waals surface area (Å²) in [6.07, 6.45) is 0. The maximum Gasteiger partial charge on any atom is 0.210 e. The van der Waals surface area contributed by atoms with E-state index >= 15 is 0 Å². The molecule has 1 unspecified atom stereocenters. The molecule has 1 aliphatic rings. The van der Waals surface area contributed by atoms with Crippen LogP contribution in [0.3, 0.4) is 0 Å². The molecule has 1 aliphatic heterocycles. The van der Waals surface area contributed by atoms with Gasteiger partial charge in [-0.25, -0.2) is 0 Å². The van der Waals surface area contributed by atoms with E-state index in [2.05, 4.69) is 10.3 Å². The number of hydroxylamine groups is 1. The molecule has 30 valence electrons. The highest BCUT2D eigenvalue weighted by Gasteiger charge is 2.33. The third-order valence-electron chi connectivity index (χ3n) is 0.424. The summed E-state index contributed by atoms with van der Waals surface area (Å²) in [5.41, 5.74) is 7.58. The van der Waals surface area contributed by atoms with Gasteiger partial charge in [-0.2, -0.15) is 5.48 Å². The monoisotopic (exact) mass is 74.0 g/mol. The van der Waals surface area contributed by atoms with E-state index in [0.717, 1.165) is 0 Å². The molecule has 3 nitrogen and oxygen atoms in total. The maximum atomic E-state index is 5.13. The standard InChI is InChI=1S/C2H6N2O/c1-2(3)4-5-2/h4H,3H2,1H3. The Morgan fingerprint density at radius 1 is 2.00 bits per heavy atom. The number of hydrogen-bond acceptors (Lipinski definition) is 3. The van der Waals surface area contributed by atoms with Crippen LogP contribution < -0.4 is 11.2 Å². The van der Waals surface area contributed by atoms with E-state index in [1.54, 1.807) is 6.92 Å². The number of nitrogens with one attached hydrogen (secondary N) is 1. The van der Waals surface area contributed by atoms with E-state index in [1.807, 2.05) is 0 Å². The van der Waals surface area contributed by atoms with Gasteiger partial charge in [0, 0.05) is 0 Å². The molecule has 0 aromatic heterocycles. The third-order valence-corrected chi connectivity index (χ3v) is 0.424. The minimum absolute atomic E-state index is 0.500. The van der Waals surface area contributed by atoms with Crippen LogP contribution in [0.15, 0.2) is 0 Å². The van der Waals surface area contributed by atoms with Crippen LogP contribution in [0.25, 0.3) is 0 Å². The van der Waals surface area contributed by atoms with Gasteiger partial charge in [-0.05, 0) is 6.92 Å². The normalized spacial score (nSPS) is 49.2. The fraction of sp³-hybridized carbons (Fsp3) is 1.00. The molecule has 3 heteroatoms. The Hall–Kier alpha value is -0.120. The first-order valence-electron chi connectivity index (χ1n) is 1.45. The third kappa shape index (κ3) is 0.576. The van der Waals surface area contributed by atoms with Gasteiger partial charge in [-0.3, -0.25) is 10.6 Å². The van der Waals surface area contributed by atoms with Gasteiger partial charge in [0.2, 0.25) is 5.85 Å². The molecule has 0 bridgehead atoms.